The van der Waals surface area contributed by atoms with Gasteiger partial charge in [0.15, 0.2) is 11.6 Å². The molecule has 3 rings (SSSR count). The van der Waals surface area contributed by atoms with Gasteiger partial charge in [-0.05, 0) is 42.5 Å². The Morgan fingerprint density at radius 2 is 1.96 bits per heavy atom. The molecule has 2 heterocycles. The fourth-order valence-corrected chi connectivity index (χ4v) is 4.20. The molecule has 138 valence electrons. The lowest BCUT2D eigenvalue weighted by Gasteiger charge is -2.32. The zero-order valence-electron chi connectivity index (χ0n) is 13.9. The third kappa shape index (κ3) is 4.82. The second-order valence-electron chi connectivity index (χ2n) is 6.01. The maximum Gasteiger partial charge on any atom is 0.252 e. The number of thioether (sulfide) groups is 1. The number of benzene rings is 1. The Morgan fingerprint density at radius 1 is 1.19 bits per heavy atom. The molecule has 1 fully saturated rings. The van der Waals surface area contributed by atoms with Gasteiger partial charge in [-0.2, -0.15) is 11.3 Å². The zero-order valence-corrected chi connectivity index (χ0v) is 15.5. The van der Waals surface area contributed by atoms with Crippen molar-refractivity contribution in [2.24, 2.45) is 0 Å². The molecule has 1 aliphatic rings. The Kier molecular flexibility index (Phi) is 6.26. The first-order valence-electron chi connectivity index (χ1n) is 8.21. The number of hydrogen-bond acceptors (Lipinski definition) is 4. The monoisotopic (exact) mass is 396 g/mol. The summed E-state index contributed by atoms with van der Waals surface area (Å²) in [6, 6.07) is 5.46. The van der Waals surface area contributed by atoms with Crippen LogP contribution in [0.25, 0.3) is 0 Å². The van der Waals surface area contributed by atoms with E-state index in [1.54, 1.807) is 11.0 Å². The van der Waals surface area contributed by atoms with E-state index in [0.29, 0.717) is 36.4 Å². The molecular formula is C18H18F2N2O2S2. The van der Waals surface area contributed by atoms with E-state index in [-0.39, 0.29) is 23.6 Å². The van der Waals surface area contributed by atoms with Crippen LogP contribution in [0.5, 0.6) is 0 Å². The number of carbonyl (C=O) groups is 2. The summed E-state index contributed by atoms with van der Waals surface area (Å²) in [5, 5.41) is 6.67. The molecule has 1 saturated heterocycles. The van der Waals surface area contributed by atoms with Gasteiger partial charge in [0.25, 0.3) is 5.91 Å². The van der Waals surface area contributed by atoms with Crippen molar-refractivity contribution >= 4 is 34.9 Å². The summed E-state index contributed by atoms with van der Waals surface area (Å²) >= 11 is 2.67. The first kappa shape index (κ1) is 18.8. The van der Waals surface area contributed by atoms with Crippen molar-refractivity contribution in [2.45, 2.75) is 23.8 Å². The number of nitrogens with zero attached hydrogens (tertiary/aromatic N) is 1. The van der Waals surface area contributed by atoms with Crippen LogP contribution in [0, 0.1) is 11.6 Å². The molecule has 2 amide bonds. The minimum absolute atomic E-state index is 0.0395. The molecule has 2 aromatic rings. The van der Waals surface area contributed by atoms with Crippen molar-refractivity contribution in [3.05, 3.63) is 52.2 Å². The second kappa shape index (κ2) is 8.64. The highest BCUT2D eigenvalue weighted by Crippen LogP contribution is 2.22. The van der Waals surface area contributed by atoms with Gasteiger partial charge in [-0.3, -0.25) is 9.59 Å². The number of hydrogen-bond donors (Lipinski definition) is 1. The van der Waals surface area contributed by atoms with Crippen LogP contribution in [0.3, 0.4) is 0 Å². The van der Waals surface area contributed by atoms with Crippen LogP contribution in [-0.4, -0.2) is 41.6 Å². The van der Waals surface area contributed by atoms with Gasteiger partial charge >= 0.3 is 0 Å². The van der Waals surface area contributed by atoms with Crippen molar-refractivity contribution in [2.75, 3.05) is 18.8 Å². The summed E-state index contributed by atoms with van der Waals surface area (Å²) < 4.78 is 26.1. The minimum atomic E-state index is -0.912. The molecule has 1 aromatic heterocycles. The van der Waals surface area contributed by atoms with Crippen LogP contribution in [0.4, 0.5) is 8.78 Å². The number of thiophene rings is 1. The number of likely N-dealkylation sites (tertiary alicyclic amines) is 1. The number of nitrogens with one attached hydrogen (secondary N) is 1. The lowest BCUT2D eigenvalue weighted by atomic mass is 10.0. The van der Waals surface area contributed by atoms with Crippen molar-refractivity contribution in [1.29, 1.82) is 0 Å². The minimum Gasteiger partial charge on any atom is -0.349 e. The standard InChI is InChI=1S/C18H18F2N2O2S2/c19-15-2-1-14(9-16(15)20)26-11-17(23)22-6-3-13(4-7-22)21-18(24)12-5-8-25-10-12/h1-2,5,8-10,13H,3-4,6-7,11H2,(H,21,24). The Balaban J connectivity index is 1.43. The van der Waals surface area contributed by atoms with E-state index in [1.807, 2.05) is 10.8 Å². The lowest BCUT2D eigenvalue weighted by Crippen LogP contribution is -2.47. The molecule has 0 bridgehead atoms. The molecule has 1 aromatic carbocycles. The third-order valence-electron chi connectivity index (χ3n) is 4.22. The predicted molar refractivity (Wildman–Crippen MR) is 98.5 cm³/mol. The first-order chi connectivity index (χ1) is 12.5. The Labute approximate surface area is 158 Å². The predicted octanol–water partition coefficient (Wildman–Crippen LogP) is 3.54. The van der Waals surface area contributed by atoms with Crippen molar-refractivity contribution in [3.63, 3.8) is 0 Å². The number of halogens is 2. The molecule has 0 unspecified atom stereocenters. The SMILES string of the molecule is O=C(NC1CCN(C(=O)CSc2ccc(F)c(F)c2)CC1)c1ccsc1. The van der Waals surface area contributed by atoms with Crippen LogP contribution in [0.15, 0.2) is 39.9 Å². The van der Waals surface area contributed by atoms with Gasteiger partial charge in [0.2, 0.25) is 5.91 Å². The summed E-state index contributed by atoms with van der Waals surface area (Å²) in [6.07, 6.45) is 1.41. The summed E-state index contributed by atoms with van der Waals surface area (Å²) in [5.74, 6) is -1.75. The summed E-state index contributed by atoms with van der Waals surface area (Å²) in [4.78, 5) is 26.6. The van der Waals surface area contributed by atoms with Crippen LogP contribution in [0.2, 0.25) is 0 Å². The van der Waals surface area contributed by atoms with E-state index >= 15 is 0 Å². The van der Waals surface area contributed by atoms with Crippen molar-refractivity contribution < 1.29 is 18.4 Å². The maximum absolute atomic E-state index is 13.2. The van der Waals surface area contributed by atoms with Gasteiger partial charge in [0.1, 0.15) is 0 Å². The quantitative estimate of drug-likeness (QED) is 0.787. The van der Waals surface area contributed by atoms with E-state index in [1.165, 1.54) is 29.2 Å². The molecule has 0 spiro atoms. The Hall–Kier alpha value is -1.93. The van der Waals surface area contributed by atoms with Gasteiger partial charge < -0.3 is 10.2 Å². The number of amides is 2. The molecule has 0 aliphatic carbocycles. The summed E-state index contributed by atoms with van der Waals surface area (Å²) in [7, 11) is 0. The Bertz CT molecular complexity index is 776. The topological polar surface area (TPSA) is 49.4 Å². The number of carbonyl (C=O) groups excluding carboxylic acids is 2. The van der Waals surface area contributed by atoms with Crippen LogP contribution in [0.1, 0.15) is 23.2 Å². The molecule has 8 heteroatoms. The van der Waals surface area contributed by atoms with Gasteiger partial charge in [-0.15, -0.1) is 11.8 Å². The van der Waals surface area contributed by atoms with Crippen molar-refractivity contribution in [3.8, 4) is 0 Å². The van der Waals surface area contributed by atoms with Crippen LogP contribution >= 0.6 is 23.1 Å². The van der Waals surface area contributed by atoms with Crippen LogP contribution < -0.4 is 5.32 Å². The van der Waals surface area contributed by atoms with E-state index in [9.17, 15) is 18.4 Å². The highest BCUT2D eigenvalue weighted by Gasteiger charge is 2.24. The summed E-state index contributed by atoms with van der Waals surface area (Å²) in [5.41, 5.74) is 0.663. The highest BCUT2D eigenvalue weighted by atomic mass is 32.2. The fraction of sp³-hybridized carbons (Fsp3) is 0.333. The van der Waals surface area contributed by atoms with Crippen molar-refractivity contribution in [1.82, 2.24) is 10.2 Å². The molecule has 0 radical (unpaired) electrons. The normalized spacial score (nSPS) is 15.1. The molecule has 4 nitrogen and oxygen atoms in total. The fourth-order valence-electron chi connectivity index (χ4n) is 2.74. The number of piperidine rings is 1. The molecule has 1 N–H and O–H groups in total. The van der Waals surface area contributed by atoms with Gasteiger partial charge in [-0.1, -0.05) is 0 Å². The smallest absolute Gasteiger partial charge is 0.252 e. The van der Waals surface area contributed by atoms with E-state index in [4.69, 9.17) is 0 Å². The lowest BCUT2D eigenvalue weighted by molar-refractivity contribution is -0.129. The maximum atomic E-state index is 13.2. The molecule has 1 aliphatic heterocycles. The molecule has 0 saturated carbocycles. The third-order valence-corrected chi connectivity index (χ3v) is 5.88. The van der Waals surface area contributed by atoms with Gasteiger partial charge in [-0.25, -0.2) is 8.78 Å². The van der Waals surface area contributed by atoms with E-state index in [0.717, 1.165) is 12.1 Å². The van der Waals surface area contributed by atoms with Gasteiger partial charge in [0, 0.05) is 35.0 Å². The molecule has 26 heavy (non-hydrogen) atoms. The van der Waals surface area contributed by atoms with E-state index < -0.39 is 11.6 Å². The second-order valence-corrected chi connectivity index (χ2v) is 7.83. The average molecular weight is 396 g/mol. The molecule has 0 atom stereocenters. The molecular weight excluding hydrogens is 378 g/mol. The summed E-state index contributed by atoms with van der Waals surface area (Å²) in [6.45, 7) is 1.15. The Morgan fingerprint density at radius 3 is 2.62 bits per heavy atom. The van der Waals surface area contributed by atoms with E-state index in [2.05, 4.69) is 5.32 Å². The highest BCUT2D eigenvalue weighted by molar-refractivity contribution is 8.00. The van der Waals surface area contributed by atoms with Crippen LogP contribution in [-0.2, 0) is 4.79 Å². The first-order valence-corrected chi connectivity index (χ1v) is 10.1. The van der Waals surface area contributed by atoms with Gasteiger partial charge in [0.05, 0.1) is 5.75 Å². The zero-order chi connectivity index (χ0) is 18.5. The average Bonchev–Trinajstić information content (AvgIpc) is 3.18. The number of rotatable bonds is 5. The largest absolute Gasteiger partial charge is 0.349 e.